The number of rotatable bonds is 7. The average Bonchev–Trinajstić information content (AvgIpc) is 2.95. The van der Waals surface area contributed by atoms with Gasteiger partial charge in [-0.05, 0) is 36.1 Å². The molecule has 1 aliphatic rings. The van der Waals surface area contributed by atoms with E-state index in [9.17, 15) is 19.2 Å². The number of hydrogen-bond donors (Lipinski definition) is 7. The lowest BCUT2D eigenvalue weighted by Gasteiger charge is -2.31. The van der Waals surface area contributed by atoms with Crippen LogP contribution in [-0.2, 0) is 27.5 Å². The maximum Gasteiger partial charge on any atom is 0.251 e. The van der Waals surface area contributed by atoms with Gasteiger partial charge in [0.25, 0.3) is 5.91 Å². The summed E-state index contributed by atoms with van der Waals surface area (Å²) in [5, 5.41) is 2.63. The van der Waals surface area contributed by atoms with Crippen LogP contribution in [0, 0.1) is 0 Å². The highest BCUT2D eigenvalue weighted by Gasteiger charge is 2.26. The van der Waals surface area contributed by atoms with Crippen molar-refractivity contribution in [1.82, 2.24) is 20.0 Å². The first-order chi connectivity index (χ1) is 18.6. The molecule has 218 valence electrons. The van der Waals surface area contributed by atoms with E-state index < -0.39 is 18.1 Å². The summed E-state index contributed by atoms with van der Waals surface area (Å²) in [4.78, 5) is 56.7. The van der Waals surface area contributed by atoms with Crippen molar-refractivity contribution in [2.75, 3.05) is 50.5 Å². The molecule has 1 aromatic rings. The minimum absolute atomic E-state index is 0.169. The molecule has 0 unspecified atom stereocenters. The summed E-state index contributed by atoms with van der Waals surface area (Å²) in [6.45, 7) is 1.75. The predicted octanol–water partition coefficient (Wildman–Crippen LogP) is -0.903. The topological polar surface area (TPSA) is 168 Å². The highest BCUT2D eigenvalue weighted by atomic mass is 32.1. The molecule has 2 bridgehead atoms. The molecule has 11 nitrogen and oxygen atoms in total. The quantitative estimate of drug-likeness (QED) is 0.199. The van der Waals surface area contributed by atoms with Crippen molar-refractivity contribution in [3.8, 4) is 0 Å². The number of benzene rings is 1. The van der Waals surface area contributed by atoms with Gasteiger partial charge < -0.3 is 37.2 Å². The third-order valence-electron chi connectivity index (χ3n) is 6.48. The molecule has 4 amide bonds. The molecule has 1 heterocycles. The third-order valence-corrected chi connectivity index (χ3v) is 7.66. The number of nitrogens with two attached hydrogens (primary N) is 3. The van der Waals surface area contributed by atoms with Crippen LogP contribution in [0.3, 0.4) is 0 Å². The molecular weight excluding hydrogens is 559 g/mol. The molecule has 0 fully saturated rings. The second-order valence-corrected chi connectivity index (χ2v) is 10.6. The van der Waals surface area contributed by atoms with E-state index in [1.54, 1.807) is 26.8 Å². The second kappa shape index (κ2) is 16.3. The summed E-state index contributed by atoms with van der Waals surface area (Å²) < 4.78 is 0. The SMILES string of the molecule is CNC(=O)c1cc2cc(c1)CN(C(=O)[C@@H](N)CS)CCCN(C(=O)[C@@H](N)CS)CCCN(C(=O)[C@@H](N)CS)C2. The summed E-state index contributed by atoms with van der Waals surface area (Å²) in [7, 11) is 1.54. The Labute approximate surface area is 246 Å². The summed E-state index contributed by atoms with van der Waals surface area (Å²) in [6.07, 6.45) is 0.955. The zero-order valence-electron chi connectivity index (χ0n) is 22.3. The van der Waals surface area contributed by atoms with Gasteiger partial charge in [0.05, 0.1) is 18.1 Å². The highest BCUT2D eigenvalue weighted by molar-refractivity contribution is 7.80. The fourth-order valence-corrected chi connectivity index (χ4v) is 4.84. The maximum absolute atomic E-state index is 13.1. The molecule has 0 aliphatic carbocycles. The zero-order valence-corrected chi connectivity index (χ0v) is 25.0. The summed E-state index contributed by atoms with van der Waals surface area (Å²) in [5.74, 6) is -0.571. The molecular formula is C25H41N7O4S3. The lowest BCUT2D eigenvalue weighted by atomic mass is 10.0. The van der Waals surface area contributed by atoms with Crippen molar-refractivity contribution in [2.24, 2.45) is 17.2 Å². The molecule has 2 rings (SSSR count). The van der Waals surface area contributed by atoms with Gasteiger partial charge >= 0.3 is 0 Å². The van der Waals surface area contributed by atoms with E-state index in [1.807, 2.05) is 6.07 Å². The molecule has 0 radical (unpaired) electrons. The number of carbonyl (C=O) groups is 4. The molecule has 0 aromatic heterocycles. The first kappa shape index (κ1) is 33.2. The van der Waals surface area contributed by atoms with Crippen molar-refractivity contribution in [2.45, 2.75) is 44.1 Å². The van der Waals surface area contributed by atoms with Crippen molar-refractivity contribution in [1.29, 1.82) is 0 Å². The van der Waals surface area contributed by atoms with Gasteiger partial charge in [0, 0.05) is 69.1 Å². The Kier molecular flexibility index (Phi) is 13.9. The second-order valence-electron chi connectivity index (χ2n) is 9.54. The van der Waals surface area contributed by atoms with Gasteiger partial charge in [-0.15, -0.1) is 0 Å². The Morgan fingerprint density at radius 1 is 0.718 bits per heavy atom. The molecule has 0 saturated heterocycles. The molecule has 0 spiro atoms. The monoisotopic (exact) mass is 599 g/mol. The third kappa shape index (κ3) is 9.57. The predicted molar refractivity (Wildman–Crippen MR) is 162 cm³/mol. The van der Waals surface area contributed by atoms with E-state index in [0.717, 1.165) is 0 Å². The van der Waals surface area contributed by atoms with Gasteiger partial charge in [-0.25, -0.2) is 0 Å². The van der Waals surface area contributed by atoms with Gasteiger partial charge in [-0.2, -0.15) is 37.9 Å². The Hall–Kier alpha value is -1.97. The van der Waals surface area contributed by atoms with Gasteiger partial charge in [0.2, 0.25) is 17.7 Å². The number of carbonyl (C=O) groups excluding carboxylic acids is 4. The van der Waals surface area contributed by atoms with Crippen LogP contribution in [0.1, 0.15) is 34.3 Å². The number of nitrogens with zero attached hydrogens (tertiary/aromatic N) is 3. The molecule has 39 heavy (non-hydrogen) atoms. The van der Waals surface area contributed by atoms with Crippen LogP contribution in [0.4, 0.5) is 0 Å². The molecule has 0 saturated carbocycles. The lowest BCUT2D eigenvalue weighted by Crippen LogP contribution is -2.49. The van der Waals surface area contributed by atoms with Crippen LogP contribution >= 0.6 is 37.9 Å². The largest absolute Gasteiger partial charge is 0.355 e. The van der Waals surface area contributed by atoms with Crippen LogP contribution < -0.4 is 22.5 Å². The van der Waals surface area contributed by atoms with Crippen LogP contribution in [0.2, 0.25) is 0 Å². The summed E-state index contributed by atoms with van der Waals surface area (Å²) >= 11 is 12.5. The normalized spacial score (nSPS) is 17.6. The first-order valence-electron chi connectivity index (χ1n) is 12.9. The minimum atomic E-state index is -0.806. The van der Waals surface area contributed by atoms with Crippen LogP contribution in [0.5, 0.6) is 0 Å². The van der Waals surface area contributed by atoms with Crippen LogP contribution in [0.15, 0.2) is 18.2 Å². The van der Waals surface area contributed by atoms with Crippen molar-refractivity contribution >= 4 is 61.5 Å². The fraction of sp³-hybridized carbons (Fsp3) is 0.600. The smallest absolute Gasteiger partial charge is 0.251 e. The van der Waals surface area contributed by atoms with Crippen molar-refractivity contribution in [3.63, 3.8) is 0 Å². The lowest BCUT2D eigenvalue weighted by molar-refractivity contribution is -0.133. The van der Waals surface area contributed by atoms with Crippen molar-refractivity contribution in [3.05, 3.63) is 34.9 Å². The van der Waals surface area contributed by atoms with E-state index in [-0.39, 0.29) is 54.0 Å². The average molecular weight is 600 g/mol. The molecule has 3 atom stereocenters. The van der Waals surface area contributed by atoms with Crippen molar-refractivity contribution < 1.29 is 19.2 Å². The maximum atomic E-state index is 13.1. The molecule has 7 N–H and O–H groups in total. The van der Waals surface area contributed by atoms with Gasteiger partial charge in [-0.1, -0.05) is 6.07 Å². The minimum Gasteiger partial charge on any atom is -0.355 e. The Morgan fingerprint density at radius 3 is 1.44 bits per heavy atom. The Morgan fingerprint density at radius 2 is 1.08 bits per heavy atom. The summed E-state index contributed by atoms with van der Waals surface area (Å²) in [6, 6.07) is 2.93. The highest BCUT2D eigenvalue weighted by Crippen LogP contribution is 2.18. The Bertz CT molecular complexity index is 960. The van der Waals surface area contributed by atoms with E-state index in [2.05, 4.69) is 43.2 Å². The number of amides is 4. The number of hydrogen-bond acceptors (Lipinski definition) is 10. The van der Waals surface area contributed by atoms with Gasteiger partial charge in [0.1, 0.15) is 0 Å². The van der Waals surface area contributed by atoms with E-state index in [1.165, 1.54) is 7.05 Å². The van der Waals surface area contributed by atoms with Gasteiger partial charge in [0.15, 0.2) is 0 Å². The van der Waals surface area contributed by atoms with Gasteiger partial charge in [-0.3, -0.25) is 19.2 Å². The molecule has 14 heteroatoms. The van der Waals surface area contributed by atoms with Crippen LogP contribution in [-0.4, -0.2) is 107 Å². The van der Waals surface area contributed by atoms with E-state index >= 15 is 0 Å². The standard InChI is InChI=1S/C25H41N7O4S3/c1-29-22(33)18-9-16-8-17(10-18)12-32(25(36)21(28)15-39)7-3-5-30(23(34)19(26)13-37)4-2-6-31(11-16)24(35)20(27)14-38/h8-10,19-21,37-39H,2-7,11-15,26-28H2,1H3,(H,29,33)/t19-,20-,21-/m0/s1. The van der Waals surface area contributed by atoms with E-state index in [0.29, 0.717) is 55.7 Å². The number of nitrogens with one attached hydrogen (secondary N) is 1. The fourth-order valence-electron chi connectivity index (χ4n) is 4.37. The van der Waals surface area contributed by atoms with E-state index in [4.69, 9.17) is 17.2 Å². The number of thiol groups is 3. The molecule has 1 aliphatic heterocycles. The first-order valence-corrected chi connectivity index (χ1v) is 14.8. The summed E-state index contributed by atoms with van der Waals surface area (Å²) in [5.41, 5.74) is 19.9. The molecule has 1 aromatic carbocycles. The van der Waals surface area contributed by atoms with Crippen LogP contribution in [0.25, 0.3) is 0 Å². The zero-order chi connectivity index (χ0) is 29.1. The number of fused-ring (bicyclic) bond motifs is 2. The Balaban J connectivity index is 2.53.